The zero-order valence-electron chi connectivity index (χ0n) is 14.0. The summed E-state index contributed by atoms with van der Waals surface area (Å²) in [4.78, 5) is 12.3. The van der Waals surface area contributed by atoms with Crippen molar-refractivity contribution in [1.82, 2.24) is 5.32 Å². The van der Waals surface area contributed by atoms with Crippen molar-refractivity contribution in [2.75, 3.05) is 6.54 Å². The molecule has 1 aliphatic rings. The lowest BCUT2D eigenvalue weighted by Gasteiger charge is -2.28. The molecule has 0 radical (unpaired) electrons. The van der Waals surface area contributed by atoms with Gasteiger partial charge in [0.15, 0.2) is 9.84 Å². The maximum atomic E-state index is 12.3. The lowest BCUT2D eigenvalue weighted by Crippen LogP contribution is -2.40. The van der Waals surface area contributed by atoms with Crippen LogP contribution in [-0.4, -0.2) is 26.1 Å². The molecule has 0 bridgehead atoms. The van der Waals surface area contributed by atoms with E-state index in [1.54, 1.807) is 24.3 Å². The van der Waals surface area contributed by atoms with E-state index in [9.17, 15) is 13.2 Å². The highest BCUT2D eigenvalue weighted by Crippen LogP contribution is 2.32. The molecule has 0 saturated carbocycles. The maximum absolute atomic E-state index is 12.3. The zero-order valence-corrected chi connectivity index (χ0v) is 14.9. The predicted octanol–water partition coefficient (Wildman–Crippen LogP) is 2.49. The van der Waals surface area contributed by atoms with E-state index in [1.807, 2.05) is 27.7 Å². The van der Waals surface area contributed by atoms with Gasteiger partial charge in [-0.3, -0.25) is 4.79 Å². The summed E-state index contributed by atoms with van der Waals surface area (Å²) in [6, 6.07) is 1.68. The van der Waals surface area contributed by atoms with Gasteiger partial charge in [0.2, 0.25) is 5.91 Å². The Morgan fingerprint density at radius 3 is 2.65 bits per heavy atom. The molecular weight excluding hydrogens is 312 g/mol. The van der Waals surface area contributed by atoms with Crippen molar-refractivity contribution in [3.05, 3.63) is 35.3 Å². The topological polar surface area (TPSA) is 87.0 Å². The van der Waals surface area contributed by atoms with Gasteiger partial charge in [0.1, 0.15) is 0 Å². The van der Waals surface area contributed by atoms with Gasteiger partial charge in [-0.15, -0.1) is 0 Å². The van der Waals surface area contributed by atoms with Gasteiger partial charge in [0.05, 0.1) is 16.7 Å². The highest BCUT2D eigenvalue weighted by Gasteiger charge is 2.33. The Morgan fingerprint density at radius 1 is 1.52 bits per heavy atom. The molecule has 0 aromatic rings. The van der Waals surface area contributed by atoms with E-state index in [2.05, 4.69) is 5.32 Å². The second-order valence-corrected chi connectivity index (χ2v) is 8.60. The van der Waals surface area contributed by atoms with Crippen LogP contribution in [0.25, 0.3) is 0 Å². The molecule has 0 spiro atoms. The molecular formula is C17H24N2O3S. The fourth-order valence-corrected chi connectivity index (χ4v) is 3.30. The third-order valence-corrected chi connectivity index (χ3v) is 5.48. The summed E-state index contributed by atoms with van der Waals surface area (Å²) >= 11 is 0. The second kappa shape index (κ2) is 7.60. The van der Waals surface area contributed by atoms with Gasteiger partial charge in [-0.25, -0.2) is 8.42 Å². The molecule has 6 heteroatoms. The van der Waals surface area contributed by atoms with E-state index in [4.69, 9.17) is 5.26 Å². The molecule has 0 fully saturated rings. The minimum Gasteiger partial charge on any atom is -0.355 e. The van der Waals surface area contributed by atoms with Gasteiger partial charge in [-0.05, 0) is 31.8 Å². The molecule has 1 N–H and O–H groups in total. The number of nitrogens with zero attached hydrogens (tertiary/aromatic N) is 1. The molecule has 1 atom stereocenters. The fraction of sp³-hybridized carbons (Fsp3) is 0.529. The van der Waals surface area contributed by atoms with E-state index in [1.165, 1.54) is 0 Å². The summed E-state index contributed by atoms with van der Waals surface area (Å²) < 4.78 is 24.0. The third-order valence-electron chi connectivity index (χ3n) is 3.77. The molecule has 1 amide bonds. The molecule has 0 heterocycles. The average molecular weight is 336 g/mol. The van der Waals surface area contributed by atoms with Crippen LogP contribution in [0.3, 0.4) is 0 Å². The van der Waals surface area contributed by atoms with Gasteiger partial charge in [-0.2, -0.15) is 5.26 Å². The van der Waals surface area contributed by atoms with Crippen molar-refractivity contribution < 1.29 is 13.2 Å². The second-order valence-electron chi connectivity index (χ2n) is 6.54. The number of amides is 1. The molecule has 0 saturated heterocycles. The summed E-state index contributed by atoms with van der Waals surface area (Å²) in [5.74, 6) is 0.292. The van der Waals surface area contributed by atoms with E-state index < -0.39 is 20.5 Å². The van der Waals surface area contributed by atoms with E-state index >= 15 is 0 Å². The Hall–Kier alpha value is -1.87. The monoisotopic (exact) mass is 336 g/mol. The number of hydrogen-bond acceptors (Lipinski definition) is 4. The highest BCUT2D eigenvalue weighted by atomic mass is 32.2. The standard InChI is InChI=1S/C17H24N2O3S/c1-13(2)12-19-16(20)17(3,4)14-6-8-15(9-7-14)23(21,22)11-5-10-18/h5-8,11,13,15H,9,12H2,1-4H3,(H,19,20). The van der Waals surface area contributed by atoms with E-state index in [0.29, 0.717) is 18.9 Å². The minimum absolute atomic E-state index is 0.0761. The number of nitriles is 1. The average Bonchev–Trinajstić information content (AvgIpc) is 2.50. The number of sulfone groups is 1. The summed E-state index contributed by atoms with van der Waals surface area (Å²) in [6.45, 7) is 8.30. The Morgan fingerprint density at radius 2 is 2.17 bits per heavy atom. The Labute approximate surface area is 138 Å². The van der Waals surface area contributed by atoms with Gasteiger partial charge >= 0.3 is 0 Å². The predicted molar refractivity (Wildman–Crippen MR) is 90.9 cm³/mol. The molecule has 0 aliphatic heterocycles. The molecule has 0 aromatic heterocycles. The van der Waals surface area contributed by atoms with E-state index in [-0.39, 0.29) is 5.91 Å². The minimum atomic E-state index is -3.49. The van der Waals surface area contributed by atoms with Crippen LogP contribution in [0.4, 0.5) is 0 Å². The lowest BCUT2D eigenvalue weighted by atomic mass is 9.80. The quantitative estimate of drug-likeness (QED) is 0.755. The molecule has 126 valence electrons. The summed E-state index contributed by atoms with van der Waals surface area (Å²) in [5.41, 5.74) is 0.0808. The third kappa shape index (κ3) is 5.07. The maximum Gasteiger partial charge on any atom is 0.230 e. The molecule has 1 unspecified atom stereocenters. The first-order chi connectivity index (χ1) is 10.6. The Bertz CT molecular complexity index is 677. The Kier molecular flexibility index (Phi) is 6.34. The summed E-state index contributed by atoms with van der Waals surface area (Å²) in [7, 11) is -3.49. The summed E-state index contributed by atoms with van der Waals surface area (Å²) in [5, 5.41) is 11.6. The number of allylic oxidation sites excluding steroid dienone is 3. The normalized spacial score (nSPS) is 18.8. The van der Waals surface area contributed by atoms with Crippen molar-refractivity contribution in [1.29, 1.82) is 5.26 Å². The van der Waals surface area contributed by atoms with Crippen molar-refractivity contribution >= 4 is 15.7 Å². The fourth-order valence-electron chi connectivity index (χ4n) is 2.18. The number of carbonyl (C=O) groups is 1. The molecule has 1 rings (SSSR count). The molecule has 5 nitrogen and oxygen atoms in total. The zero-order chi connectivity index (χ0) is 17.7. The van der Waals surface area contributed by atoms with Gasteiger partial charge < -0.3 is 5.32 Å². The van der Waals surface area contributed by atoms with Crippen LogP contribution in [0.15, 0.2) is 35.3 Å². The number of nitrogens with one attached hydrogen (secondary N) is 1. The van der Waals surface area contributed by atoms with Crippen molar-refractivity contribution in [3.8, 4) is 6.07 Å². The van der Waals surface area contributed by atoms with Crippen LogP contribution in [-0.2, 0) is 14.6 Å². The molecule has 1 aliphatic carbocycles. The van der Waals surface area contributed by atoms with Gasteiger partial charge in [0.25, 0.3) is 0 Å². The van der Waals surface area contributed by atoms with Crippen molar-refractivity contribution in [2.24, 2.45) is 11.3 Å². The lowest BCUT2D eigenvalue weighted by molar-refractivity contribution is -0.127. The van der Waals surface area contributed by atoms with Crippen LogP contribution >= 0.6 is 0 Å². The van der Waals surface area contributed by atoms with E-state index in [0.717, 1.165) is 17.1 Å². The van der Waals surface area contributed by atoms with Crippen LogP contribution in [0, 0.1) is 22.7 Å². The summed E-state index contributed by atoms with van der Waals surface area (Å²) in [6.07, 6.45) is 6.33. The largest absolute Gasteiger partial charge is 0.355 e. The van der Waals surface area contributed by atoms with Crippen LogP contribution < -0.4 is 5.32 Å². The Balaban J connectivity index is 2.83. The first-order valence-corrected chi connectivity index (χ1v) is 9.19. The molecule has 0 aromatic carbocycles. The first-order valence-electron chi connectivity index (χ1n) is 7.58. The van der Waals surface area contributed by atoms with Crippen LogP contribution in [0.1, 0.15) is 34.1 Å². The number of carbonyl (C=O) groups excluding carboxylic acids is 1. The molecule has 23 heavy (non-hydrogen) atoms. The number of rotatable bonds is 6. The van der Waals surface area contributed by atoms with Crippen molar-refractivity contribution in [2.45, 2.75) is 39.4 Å². The van der Waals surface area contributed by atoms with Crippen molar-refractivity contribution in [3.63, 3.8) is 0 Å². The van der Waals surface area contributed by atoms with Gasteiger partial charge in [0, 0.05) is 18.0 Å². The smallest absolute Gasteiger partial charge is 0.230 e. The SMILES string of the molecule is CC(C)CNC(=O)C(C)(C)C1=CCC(S(=O)(=O)C=CC#N)C=C1. The first kappa shape index (κ1) is 19.2. The highest BCUT2D eigenvalue weighted by molar-refractivity contribution is 7.95. The van der Waals surface area contributed by atoms with Crippen LogP contribution in [0.5, 0.6) is 0 Å². The number of hydrogen-bond donors (Lipinski definition) is 1. The van der Waals surface area contributed by atoms with Crippen LogP contribution in [0.2, 0.25) is 0 Å². The van der Waals surface area contributed by atoms with Gasteiger partial charge in [-0.1, -0.05) is 32.1 Å².